The predicted octanol–water partition coefficient (Wildman–Crippen LogP) is 6.83. The molecule has 0 radical (unpaired) electrons. The number of anilines is 2. The van der Waals surface area contributed by atoms with E-state index in [1.807, 2.05) is 0 Å². The van der Waals surface area contributed by atoms with Crippen molar-refractivity contribution in [3.8, 4) is 0 Å². The van der Waals surface area contributed by atoms with Gasteiger partial charge >= 0.3 is 6.18 Å². The summed E-state index contributed by atoms with van der Waals surface area (Å²) in [4.78, 5) is 13.4. The number of hydrogen-bond acceptors (Lipinski definition) is 3. The molecule has 2 aromatic rings. The molecule has 0 spiro atoms. The van der Waals surface area contributed by atoms with Crippen molar-refractivity contribution in [1.82, 2.24) is 5.32 Å². The molecule has 1 heterocycles. The molecule has 0 bridgehead atoms. The molecule has 2 unspecified atom stereocenters. The Morgan fingerprint density at radius 2 is 1.66 bits per heavy atom. The van der Waals surface area contributed by atoms with Crippen molar-refractivity contribution in [2.24, 2.45) is 11.8 Å². The van der Waals surface area contributed by atoms with E-state index in [1.165, 1.54) is 38.7 Å². The number of hydrogen-bond donors (Lipinski definition) is 3. The molecule has 1 saturated heterocycles. The number of aryl methyl sites for hydroxylation is 1. The number of piperidine rings is 1. The van der Waals surface area contributed by atoms with Crippen LogP contribution in [0.3, 0.4) is 0 Å². The van der Waals surface area contributed by atoms with E-state index in [0.29, 0.717) is 18.0 Å². The summed E-state index contributed by atoms with van der Waals surface area (Å²) < 4.78 is 40.2. The molecule has 1 aliphatic heterocycles. The van der Waals surface area contributed by atoms with Crippen LogP contribution in [0.5, 0.6) is 0 Å². The minimum Gasteiger partial charge on any atom is -0.382 e. The lowest BCUT2D eigenvalue weighted by Gasteiger charge is -2.39. The molecule has 4 atom stereocenters. The molecule has 3 N–H and O–H groups in total. The van der Waals surface area contributed by atoms with Crippen LogP contribution in [0.15, 0.2) is 42.5 Å². The van der Waals surface area contributed by atoms with E-state index >= 15 is 0 Å². The first-order valence-electron chi connectivity index (χ1n) is 12.9. The van der Waals surface area contributed by atoms with Crippen molar-refractivity contribution in [2.45, 2.75) is 82.6 Å². The van der Waals surface area contributed by atoms with Crippen LogP contribution in [0.1, 0.15) is 74.1 Å². The first kappa shape index (κ1) is 24.2. The van der Waals surface area contributed by atoms with E-state index in [4.69, 9.17) is 0 Å². The maximum Gasteiger partial charge on any atom is 0.416 e. The SMILES string of the molecule is Cc1ccc(NC(=O)C2C[C@H]3CCCC3N[C@H]2c2ccc(NC3CCCC3)cc2)cc1C(F)(F)F. The van der Waals surface area contributed by atoms with Gasteiger partial charge in [0.15, 0.2) is 0 Å². The number of carbonyl (C=O) groups is 1. The van der Waals surface area contributed by atoms with Crippen LogP contribution in [0.4, 0.5) is 24.5 Å². The fourth-order valence-corrected chi connectivity index (χ4v) is 6.27. The van der Waals surface area contributed by atoms with Gasteiger partial charge in [0, 0.05) is 29.5 Å². The second-order valence-corrected chi connectivity index (χ2v) is 10.5. The predicted molar refractivity (Wildman–Crippen MR) is 132 cm³/mol. The van der Waals surface area contributed by atoms with Gasteiger partial charge in [-0.25, -0.2) is 0 Å². The van der Waals surface area contributed by atoms with E-state index in [-0.39, 0.29) is 29.1 Å². The molecule has 2 aliphatic carbocycles. The Kier molecular flexibility index (Phi) is 6.80. The van der Waals surface area contributed by atoms with Gasteiger partial charge in [0.2, 0.25) is 5.91 Å². The molecule has 4 nitrogen and oxygen atoms in total. The minimum absolute atomic E-state index is 0.146. The summed E-state index contributed by atoms with van der Waals surface area (Å²) in [5, 5.41) is 10.1. The van der Waals surface area contributed by atoms with Crippen LogP contribution in [0.2, 0.25) is 0 Å². The Hall–Kier alpha value is -2.54. The third-order valence-corrected chi connectivity index (χ3v) is 8.15. The Morgan fingerprint density at radius 3 is 2.37 bits per heavy atom. The number of amides is 1. The normalized spacial score (nSPS) is 27.0. The molecule has 3 aliphatic rings. The van der Waals surface area contributed by atoms with Gasteiger partial charge in [-0.3, -0.25) is 4.79 Å². The van der Waals surface area contributed by atoms with Crippen LogP contribution in [0.25, 0.3) is 0 Å². The number of benzene rings is 2. The molecule has 35 heavy (non-hydrogen) atoms. The van der Waals surface area contributed by atoms with Gasteiger partial charge in [-0.15, -0.1) is 0 Å². The molecule has 1 amide bonds. The summed E-state index contributed by atoms with van der Waals surface area (Å²) in [6.45, 7) is 1.43. The lowest BCUT2D eigenvalue weighted by molar-refractivity contribution is -0.138. The van der Waals surface area contributed by atoms with Crippen LogP contribution in [0, 0.1) is 18.8 Å². The summed E-state index contributed by atoms with van der Waals surface area (Å²) in [5.74, 6) is -0.148. The van der Waals surface area contributed by atoms with Crippen molar-refractivity contribution in [2.75, 3.05) is 10.6 Å². The molecule has 2 aromatic carbocycles. The smallest absolute Gasteiger partial charge is 0.382 e. The fraction of sp³-hybridized carbons (Fsp3) is 0.536. The topological polar surface area (TPSA) is 53.2 Å². The Labute approximate surface area is 205 Å². The number of halogens is 3. The minimum atomic E-state index is -4.45. The molecule has 3 fully saturated rings. The standard InChI is InChI=1S/C28H34F3N3O/c1-17-9-12-22(16-24(17)28(29,30)31)33-27(35)23-15-19-5-4-8-25(19)34-26(23)18-10-13-21(14-11-18)32-20-6-2-3-7-20/h9-14,16,19-20,23,25-26,32,34H,2-8,15H2,1H3,(H,33,35)/t19-,23?,25?,26+/m1/s1. The largest absolute Gasteiger partial charge is 0.416 e. The molecule has 5 rings (SSSR count). The lowest BCUT2D eigenvalue weighted by Crippen LogP contribution is -2.48. The van der Waals surface area contributed by atoms with Gasteiger partial charge in [0.05, 0.1) is 11.5 Å². The molecule has 0 aromatic heterocycles. The van der Waals surface area contributed by atoms with Gasteiger partial charge < -0.3 is 16.0 Å². The van der Waals surface area contributed by atoms with Crippen molar-refractivity contribution in [3.63, 3.8) is 0 Å². The summed E-state index contributed by atoms with van der Waals surface area (Å²) in [6, 6.07) is 13.1. The monoisotopic (exact) mass is 485 g/mol. The average molecular weight is 486 g/mol. The highest BCUT2D eigenvalue weighted by Crippen LogP contribution is 2.42. The van der Waals surface area contributed by atoms with Crippen molar-refractivity contribution in [1.29, 1.82) is 0 Å². The third-order valence-electron chi connectivity index (χ3n) is 8.15. The molecule has 7 heteroatoms. The number of alkyl halides is 3. The Balaban J connectivity index is 1.35. The fourth-order valence-electron chi connectivity index (χ4n) is 6.27. The van der Waals surface area contributed by atoms with Crippen LogP contribution < -0.4 is 16.0 Å². The highest BCUT2D eigenvalue weighted by Gasteiger charge is 2.42. The first-order valence-corrected chi connectivity index (χ1v) is 12.9. The van der Waals surface area contributed by atoms with E-state index in [1.54, 1.807) is 6.07 Å². The quantitative estimate of drug-likeness (QED) is 0.435. The molecule has 188 valence electrons. The van der Waals surface area contributed by atoms with Crippen molar-refractivity contribution >= 4 is 17.3 Å². The zero-order chi connectivity index (χ0) is 24.6. The summed E-state index contributed by atoms with van der Waals surface area (Å²) >= 11 is 0. The van der Waals surface area contributed by atoms with Gasteiger partial charge in [-0.1, -0.05) is 37.5 Å². The third kappa shape index (κ3) is 5.35. The first-order chi connectivity index (χ1) is 16.8. The van der Waals surface area contributed by atoms with Gasteiger partial charge in [-0.05, 0) is 80.3 Å². The van der Waals surface area contributed by atoms with Crippen molar-refractivity contribution in [3.05, 3.63) is 59.2 Å². The van der Waals surface area contributed by atoms with E-state index in [2.05, 4.69) is 40.2 Å². The van der Waals surface area contributed by atoms with E-state index < -0.39 is 11.7 Å². The van der Waals surface area contributed by atoms with Gasteiger partial charge in [0.1, 0.15) is 0 Å². The number of nitrogens with one attached hydrogen (secondary N) is 3. The second kappa shape index (κ2) is 9.84. The Morgan fingerprint density at radius 1 is 0.943 bits per heavy atom. The van der Waals surface area contributed by atoms with E-state index in [0.717, 1.165) is 43.0 Å². The number of carbonyl (C=O) groups excluding carboxylic acids is 1. The summed E-state index contributed by atoms with van der Waals surface area (Å²) in [5.41, 5.74) is 1.77. The maximum absolute atomic E-state index is 13.4. The summed E-state index contributed by atoms with van der Waals surface area (Å²) in [6.07, 6.45) is 4.56. The zero-order valence-electron chi connectivity index (χ0n) is 20.1. The van der Waals surface area contributed by atoms with Crippen LogP contribution in [-0.4, -0.2) is 18.0 Å². The number of rotatable bonds is 5. The summed E-state index contributed by atoms with van der Waals surface area (Å²) in [7, 11) is 0. The van der Waals surface area contributed by atoms with Crippen LogP contribution >= 0.6 is 0 Å². The average Bonchev–Trinajstić information content (AvgIpc) is 3.51. The molecule has 2 saturated carbocycles. The highest BCUT2D eigenvalue weighted by atomic mass is 19.4. The zero-order valence-corrected chi connectivity index (χ0v) is 20.1. The Bertz CT molecular complexity index is 1050. The lowest BCUT2D eigenvalue weighted by atomic mass is 9.78. The van der Waals surface area contributed by atoms with E-state index in [9.17, 15) is 18.0 Å². The molecular formula is C28H34F3N3O. The van der Waals surface area contributed by atoms with Gasteiger partial charge in [0.25, 0.3) is 0 Å². The van der Waals surface area contributed by atoms with Crippen LogP contribution in [-0.2, 0) is 11.0 Å². The van der Waals surface area contributed by atoms with Crippen molar-refractivity contribution < 1.29 is 18.0 Å². The molecular weight excluding hydrogens is 451 g/mol. The maximum atomic E-state index is 13.4. The second-order valence-electron chi connectivity index (χ2n) is 10.5. The van der Waals surface area contributed by atoms with Gasteiger partial charge in [-0.2, -0.15) is 13.2 Å². The highest BCUT2D eigenvalue weighted by molar-refractivity contribution is 5.93. The number of fused-ring (bicyclic) bond motifs is 1.